The zero-order valence-electron chi connectivity index (χ0n) is 18.0. The first-order chi connectivity index (χ1) is 13.9. The summed E-state index contributed by atoms with van der Waals surface area (Å²) in [6.45, 7) is 8.17. The highest BCUT2D eigenvalue weighted by molar-refractivity contribution is 7.89. The lowest BCUT2D eigenvalue weighted by atomic mass is 9.97. The number of carbonyl (C=O) groups excluding carboxylic acids is 3. The number of amides is 1. The molecule has 0 spiro atoms. The smallest absolute Gasteiger partial charge is 0.324 e. The Morgan fingerprint density at radius 2 is 1.60 bits per heavy atom. The van der Waals surface area contributed by atoms with Crippen molar-refractivity contribution in [3.8, 4) is 0 Å². The molecule has 0 saturated carbocycles. The van der Waals surface area contributed by atoms with Crippen molar-refractivity contribution in [3.63, 3.8) is 0 Å². The third kappa shape index (κ3) is 5.66. The molecule has 1 aliphatic rings. The highest BCUT2D eigenvalue weighted by Gasteiger charge is 2.34. The van der Waals surface area contributed by atoms with Gasteiger partial charge < -0.3 is 9.64 Å². The number of hydrogen-bond donors (Lipinski definition) is 1. The lowest BCUT2D eigenvalue weighted by Crippen LogP contribution is -2.52. The van der Waals surface area contributed by atoms with Crippen molar-refractivity contribution in [2.45, 2.75) is 83.0 Å². The second-order valence-electron chi connectivity index (χ2n) is 7.88. The average Bonchev–Trinajstić information content (AvgIpc) is 2.67. The van der Waals surface area contributed by atoms with Crippen LogP contribution in [-0.2, 0) is 24.3 Å². The van der Waals surface area contributed by atoms with Crippen LogP contribution in [0.25, 0.3) is 0 Å². The molecule has 8 nitrogen and oxygen atoms in total. The Kier molecular flexibility index (Phi) is 7.76. The number of nitrogens with one attached hydrogen (secondary N) is 1. The van der Waals surface area contributed by atoms with E-state index in [1.54, 1.807) is 4.90 Å². The molecule has 1 heterocycles. The number of Topliss-reactive ketones (excluding diaryl/α,β-unsaturated/α-hetero) is 1. The van der Waals surface area contributed by atoms with Gasteiger partial charge in [0.25, 0.3) is 5.91 Å². The van der Waals surface area contributed by atoms with Crippen LogP contribution in [0.1, 0.15) is 64.2 Å². The van der Waals surface area contributed by atoms with Gasteiger partial charge in [-0.3, -0.25) is 14.4 Å². The van der Waals surface area contributed by atoms with Crippen molar-refractivity contribution in [2.75, 3.05) is 0 Å². The minimum atomic E-state index is -4.00. The first kappa shape index (κ1) is 24.0. The van der Waals surface area contributed by atoms with E-state index in [0.29, 0.717) is 5.56 Å². The number of rotatable bonds is 7. The maximum Gasteiger partial charge on any atom is 0.324 e. The van der Waals surface area contributed by atoms with Crippen LogP contribution in [0.15, 0.2) is 29.2 Å². The molecule has 1 aliphatic heterocycles. The third-order valence-corrected chi connectivity index (χ3v) is 6.90. The Hall–Kier alpha value is -2.26. The van der Waals surface area contributed by atoms with Gasteiger partial charge in [-0.25, -0.2) is 8.42 Å². The number of ether oxygens (including phenoxy) is 1. The lowest BCUT2D eigenvalue weighted by Gasteiger charge is -2.40. The monoisotopic (exact) mass is 438 g/mol. The second-order valence-corrected chi connectivity index (χ2v) is 9.59. The van der Waals surface area contributed by atoms with E-state index in [2.05, 4.69) is 4.72 Å². The van der Waals surface area contributed by atoms with Crippen LogP contribution in [0.3, 0.4) is 0 Å². The molecule has 1 fully saturated rings. The van der Waals surface area contributed by atoms with E-state index < -0.39 is 28.1 Å². The van der Waals surface area contributed by atoms with Crippen molar-refractivity contribution in [3.05, 3.63) is 29.8 Å². The van der Waals surface area contributed by atoms with Crippen LogP contribution < -0.4 is 4.72 Å². The molecule has 30 heavy (non-hydrogen) atoms. The van der Waals surface area contributed by atoms with Crippen LogP contribution in [0.4, 0.5) is 0 Å². The van der Waals surface area contributed by atoms with Crippen molar-refractivity contribution >= 4 is 27.7 Å². The van der Waals surface area contributed by atoms with Gasteiger partial charge in [-0.05, 0) is 66.0 Å². The molecule has 1 amide bonds. The third-order valence-electron chi connectivity index (χ3n) is 5.35. The van der Waals surface area contributed by atoms with Crippen LogP contribution in [-0.4, -0.2) is 55.2 Å². The van der Waals surface area contributed by atoms with Gasteiger partial charge in [0.1, 0.15) is 6.04 Å². The first-order valence-electron chi connectivity index (χ1n) is 10.1. The molecule has 166 valence electrons. The standard InChI is InChI=1S/C21H30N2O6S/c1-13-7-6-8-14(2)23(13)20(25)17(5)29-21(26)15(3)22-30(27,28)19-11-9-18(10-12-19)16(4)24/h9-15,17,22H,6-8H2,1-5H3/t13-,14-,15+,17+/m0/s1. The highest BCUT2D eigenvalue weighted by atomic mass is 32.2. The molecule has 0 aliphatic carbocycles. The van der Waals surface area contributed by atoms with E-state index in [1.165, 1.54) is 45.0 Å². The molecule has 1 N–H and O–H groups in total. The summed E-state index contributed by atoms with van der Waals surface area (Å²) in [4.78, 5) is 38.1. The molecule has 1 aromatic carbocycles. The fourth-order valence-electron chi connectivity index (χ4n) is 3.61. The highest BCUT2D eigenvalue weighted by Crippen LogP contribution is 2.23. The quantitative estimate of drug-likeness (QED) is 0.517. The van der Waals surface area contributed by atoms with Crippen LogP contribution in [0.2, 0.25) is 0 Å². The van der Waals surface area contributed by atoms with Crippen molar-refractivity contribution in [1.82, 2.24) is 9.62 Å². The number of ketones is 1. The maximum atomic E-state index is 12.8. The number of carbonyl (C=O) groups is 3. The molecule has 0 bridgehead atoms. The van der Waals surface area contributed by atoms with E-state index >= 15 is 0 Å². The number of nitrogens with zero attached hydrogens (tertiary/aromatic N) is 1. The molecule has 0 unspecified atom stereocenters. The number of piperidine rings is 1. The SMILES string of the molecule is CC(=O)c1ccc(S(=O)(=O)N[C@H](C)C(=O)O[C@H](C)C(=O)N2[C@@H](C)CCC[C@@H]2C)cc1. The van der Waals surface area contributed by atoms with E-state index in [0.717, 1.165) is 19.3 Å². The molecule has 2 rings (SSSR count). The van der Waals surface area contributed by atoms with Crippen molar-refractivity contribution in [2.24, 2.45) is 0 Å². The van der Waals surface area contributed by atoms with Crippen LogP contribution in [0.5, 0.6) is 0 Å². The van der Waals surface area contributed by atoms with Gasteiger partial charge >= 0.3 is 5.97 Å². The van der Waals surface area contributed by atoms with Gasteiger partial charge in [-0.2, -0.15) is 4.72 Å². The van der Waals surface area contributed by atoms with Gasteiger partial charge in [0.15, 0.2) is 11.9 Å². The van der Waals surface area contributed by atoms with Crippen molar-refractivity contribution in [1.29, 1.82) is 0 Å². The number of likely N-dealkylation sites (tertiary alicyclic amines) is 1. The zero-order chi connectivity index (χ0) is 22.6. The van der Waals surface area contributed by atoms with Crippen LogP contribution >= 0.6 is 0 Å². The summed E-state index contributed by atoms with van der Waals surface area (Å²) in [7, 11) is -4.00. The van der Waals surface area contributed by atoms with E-state index in [9.17, 15) is 22.8 Å². The maximum absolute atomic E-state index is 12.8. The molecule has 0 radical (unpaired) electrons. The normalized spacial score (nSPS) is 21.6. The summed E-state index contributed by atoms with van der Waals surface area (Å²) >= 11 is 0. The summed E-state index contributed by atoms with van der Waals surface area (Å²) in [6.07, 6.45) is 1.83. The summed E-state index contributed by atoms with van der Waals surface area (Å²) in [5, 5.41) is 0. The minimum Gasteiger partial charge on any atom is -0.451 e. The van der Waals surface area contributed by atoms with Gasteiger partial charge in [-0.1, -0.05) is 12.1 Å². The Morgan fingerprint density at radius 1 is 1.07 bits per heavy atom. The molecule has 9 heteroatoms. The molecule has 4 atom stereocenters. The molecule has 1 saturated heterocycles. The minimum absolute atomic E-state index is 0.0660. The van der Waals surface area contributed by atoms with E-state index in [4.69, 9.17) is 4.74 Å². The summed E-state index contributed by atoms with van der Waals surface area (Å²) in [5.41, 5.74) is 0.384. The predicted molar refractivity (Wildman–Crippen MR) is 111 cm³/mol. The van der Waals surface area contributed by atoms with Gasteiger partial charge in [0.2, 0.25) is 10.0 Å². The summed E-state index contributed by atoms with van der Waals surface area (Å²) in [5.74, 6) is -1.30. The summed E-state index contributed by atoms with van der Waals surface area (Å²) < 4.78 is 32.5. The second kappa shape index (κ2) is 9.70. The van der Waals surface area contributed by atoms with Gasteiger partial charge in [0.05, 0.1) is 4.90 Å². The van der Waals surface area contributed by atoms with E-state index in [-0.39, 0.29) is 28.7 Å². The number of sulfonamides is 1. The molecule has 0 aromatic heterocycles. The Labute approximate surface area is 178 Å². The van der Waals surface area contributed by atoms with Gasteiger partial charge in [-0.15, -0.1) is 0 Å². The molecular weight excluding hydrogens is 408 g/mol. The summed E-state index contributed by atoms with van der Waals surface area (Å²) in [6, 6.07) is 4.34. The Balaban J connectivity index is 2.00. The molecule has 1 aromatic rings. The van der Waals surface area contributed by atoms with E-state index in [1.807, 2.05) is 13.8 Å². The topological polar surface area (TPSA) is 110 Å². The fraction of sp³-hybridized carbons (Fsp3) is 0.571. The number of benzene rings is 1. The predicted octanol–water partition coefficient (Wildman–Crippen LogP) is 2.28. The lowest BCUT2D eigenvalue weighted by molar-refractivity contribution is -0.163. The Bertz CT molecular complexity index is 887. The van der Waals surface area contributed by atoms with Gasteiger partial charge in [0, 0.05) is 17.6 Å². The number of esters is 1. The number of hydrogen-bond acceptors (Lipinski definition) is 6. The molecular formula is C21H30N2O6S. The first-order valence-corrected chi connectivity index (χ1v) is 11.6. The van der Waals surface area contributed by atoms with Crippen molar-refractivity contribution < 1.29 is 27.5 Å². The largest absolute Gasteiger partial charge is 0.451 e. The average molecular weight is 439 g/mol. The van der Waals surface area contributed by atoms with Crippen LogP contribution in [0, 0.1) is 0 Å². The Morgan fingerprint density at radius 3 is 2.10 bits per heavy atom. The zero-order valence-corrected chi connectivity index (χ0v) is 18.9. The fourth-order valence-corrected chi connectivity index (χ4v) is 4.80.